The van der Waals surface area contributed by atoms with Crippen molar-refractivity contribution in [1.29, 1.82) is 0 Å². The molecule has 96 valence electrons. The first-order chi connectivity index (χ1) is 8.46. The number of nitrogens with zero attached hydrogens (tertiary/aromatic N) is 2. The van der Waals surface area contributed by atoms with Crippen LogP contribution >= 0.6 is 0 Å². The largest absolute Gasteiger partial charge is 0.401 e. The molecule has 2 aromatic rings. The molecule has 2 heterocycles. The second-order valence-electron chi connectivity index (χ2n) is 4.03. The van der Waals surface area contributed by atoms with E-state index in [2.05, 4.69) is 15.3 Å². The van der Waals surface area contributed by atoms with Crippen LogP contribution in [-0.2, 0) is 6.54 Å². The van der Waals surface area contributed by atoms with Crippen LogP contribution in [0.15, 0.2) is 24.5 Å². The number of alkyl halides is 3. The van der Waals surface area contributed by atoms with E-state index in [4.69, 9.17) is 0 Å². The van der Waals surface area contributed by atoms with Gasteiger partial charge in [-0.3, -0.25) is 9.97 Å². The normalized spacial score (nSPS) is 12.0. The van der Waals surface area contributed by atoms with E-state index in [1.165, 1.54) is 0 Å². The highest BCUT2D eigenvalue weighted by Crippen LogP contribution is 2.16. The van der Waals surface area contributed by atoms with E-state index in [-0.39, 0.29) is 6.54 Å². The van der Waals surface area contributed by atoms with Gasteiger partial charge < -0.3 is 5.32 Å². The van der Waals surface area contributed by atoms with Crippen molar-refractivity contribution in [3.8, 4) is 0 Å². The number of pyridine rings is 2. The van der Waals surface area contributed by atoms with Crippen molar-refractivity contribution in [2.24, 2.45) is 0 Å². The fraction of sp³-hybridized carbons (Fsp3) is 0.333. The lowest BCUT2D eigenvalue weighted by Crippen LogP contribution is -2.28. The molecule has 0 unspecified atom stereocenters. The lowest BCUT2D eigenvalue weighted by Gasteiger charge is -2.08. The molecular weight excluding hydrogens is 243 g/mol. The fourth-order valence-electron chi connectivity index (χ4n) is 1.69. The fourth-order valence-corrected chi connectivity index (χ4v) is 1.69. The average molecular weight is 255 g/mol. The minimum Gasteiger partial charge on any atom is -0.305 e. The molecule has 0 amide bonds. The van der Waals surface area contributed by atoms with Crippen LogP contribution in [0.4, 0.5) is 13.2 Å². The first-order valence-corrected chi connectivity index (χ1v) is 5.43. The van der Waals surface area contributed by atoms with Crippen molar-refractivity contribution in [1.82, 2.24) is 15.3 Å². The monoisotopic (exact) mass is 255 g/mol. The maximum atomic E-state index is 12.0. The molecule has 6 heteroatoms. The zero-order valence-electron chi connectivity index (χ0n) is 9.75. The minimum absolute atomic E-state index is 0.143. The van der Waals surface area contributed by atoms with Gasteiger partial charge in [-0.05, 0) is 24.6 Å². The van der Waals surface area contributed by atoms with Gasteiger partial charge in [0.15, 0.2) is 0 Å². The van der Waals surface area contributed by atoms with Crippen LogP contribution in [0.3, 0.4) is 0 Å². The van der Waals surface area contributed by atoms with E-state index in [0.717, 1.165) is 22.2 Å². The Morgan fingerprint density at radius 3 is 2.78 bits per heavy atom. The maximum Gasteiger partial charge on any atom is 0.401 e. The lowest BCUT2D eigenvalue weighted by molar-refractivity contribution is -0.125. The summed E-state index contributed by atoms with van der Waals surface area (Å²) in [6.45, 7) is 0.987. The maximum absolute atomic E-state index is 12.0. The van der Waals surface area contributed by atoms with E-state index in [1.807, 2.05) is 13.0 Å². The molecule has 0 radical (unpaired) electrons. The van der Waals surface area contributed by atoms with Crippen molar-refractivity contribution >= 4 is 10.9 Å². The molecule has 0 aliphatic carbocycles. The van der Waals surface area contributed by atoms with Gasteiger partial charge in [-0.25, -0.2) is 0 Å². The lowest BCUT2D eigenvalue weighted by atomic mass is 10.1. The van der Waals surface area contributed by atoms with Crippen LogP contribution in [0.2, 0.25) is 0 Å². The Kier molecular flexibility index (Phi) is 3.47. The molecule has 0 aromatic carbocycles. The van der Waals surface area contributed by atoms with Gasteiger partial charge in [-0.1, -0.05) is 0 Å². The van der Waals surface area contributed by atoms with Crippen molar-refractivity contribution in [3.05, 3.63) is 35.8 Å². The Bertz CT molecular complexity index is 552. The molecule has 0 saturated heterocycles. The summed E-state index contributed by atoms with van der Waals surface area (Å²) in [5.74, 6) is 0. The number of hydrogen-bond donors (Lipinski definition) is 1. The van der Waals surface area contributed by atoms with Gasteiger partial charge >= 0.3 is 6.18 Å². The summed E-state index contributed by atoms with van der Waals surface area (Å²) in [5.41, 5.74) is 2.30. The molecule has 2 aromatic heterocycles. The minimum atomic E-state index is -4.19. The van der Waals surface area contributed by atoms with Gasteiger partial charge in [0.2, 0.25) is 0 Å². The summed E-state index contributed by atoms with van der Waals surface area (Å²) >= 11 is 0. The number of hydrogen-bond acceptors (Lipinski definition) is 3. The number of aryl methyl sites for hydroxylation is 1. The number of aromatic nitrogens is 2. The molecule has 3 nitrogen and oxygen atoms in total. The Balaban J connectivity index is 2.11. The van der Waals surface area contributed by atoms with Crippen molar-refractivity contribution in [3.63, 3.8) is 0 Å². The zero-order chi connectivity index (χ0) is 13.2. The van der Waals surface area contributed by atoms with Crippen LogP contribution in [0.5, 0.6) is 0 Å². The van der Waals surface area contributed by atoms with E-state index < -0.39 is 12.7 Å². The smallest absolute Gasteiger partial charge is 0.305 e. The third-order valence-electron chi connectivity index (χ3n) is 2.49. The van der Waals surface area contributed by atoms with E-state index in [0.29, 0.717) is 0 Å². The molecule has 0 atom stereocenters. The van der Waals surface area contributed by atoms with Crippen molar-refractivity contribution < 1.29 is 13.2 Å². The van der Waals surface area contributed by atoms with Gasteiger partial charge in [0.1, 0.15) is 0 Å². The molecule has 0 spiro atoms. The topological polar surface area (TPSA) is 37.8 Å². The molecule has 1 N–H and O–H groups in total. The first-order valence-electron chi connectivity index (χ1n) is 5.43. The molecule has 2 rings (SSSR count). The summed E-state index contributed by atoms with van der Waals surface area (Å²) in [7, 11) is 0. The highest BCUT2D eigenvalue weighted by atomic mass is 19.4. The molecular formula is C12H12F3N3. The number of nitrogens with one attached hydrogen (secondary N) is 1. The van der Waals surface area contributed by atoms with Crippen molar-refractivity contribution in [2.45, 2.75) is 19.6 Å². The second kappa shape index (κ2) is 4.89. The Morgan fingerprint density at radius 1 is 1.28 bits per heavy atom. The summed E-state index contributed by atoms with van der Waals surface area (Å²) < 4.78 is 35.9. The van der Waals surface area contributed by atoms with Gasteiger partial charge in [-0.2, -0.15) is 13.2 Å². The molecule has 18 heavy (non-hydrogen) atoms. The molecule has 0 aliphatic rings. The quantitative estimate of drug-likeness (QED) is 0.916. The third-order valence-corrected chi connectivity index (χ3v) is 2.49. The molecule has 0 bridgehead atoms. The van der Waals surface area contributed by atoms with Gasteiger partial charge in [0.25, 0.3) is 0 Å². The molecule has 0 fully saturated rings. The Morgan fingerprint density at radius 2 is 2.06 bits per heavy atom. The third kappa shape index (κ3) is 3.16. The predicted molar refractivity (Wildman–Crippen MR) is 62.0 cm³/mol. The van der Waals surface area contributed by atoms with Crippen LogP contribution in [-0.4, -0.2) is 22.7 Å². The van der Waals surface area contributed by atoms with Crippen molar-refractivity contribution in [2.75, 3.05) is 6.54 Å². The van der Waals surface area contributed by atoms with E-state index in [9.17, 15) is 13.2 Å². The van der Waals surface area contributed by atoms with E-state index >= 15 is 0 Å². The van der Waals surface area contributed by atoms with Gasteiger partial charge in [0, 0.05) is 24.3 Å². The van der Waals surface area contributed by atoms with Crippen LogP contribution < -0.4 is 5.32 Å². The molecule has 0 saturated carbocycles. The van der Waals surface area contributed by atoms with Gasteiger partial charge in [-0.15, -0.1) is 0 Å². The molecule has 0 aliphatic heterocycles. The summed E-state index contributed by atoms with van der Waals surface area (Å²) in [5, 5.41) is 3.22. The SMILES string of the molecule is Cc1nccc2cc(CNCC(F)(F)F)cnc12. The summed E-state index contributed by atoms with van der Waals surface area (Å²) in [6.07, 6.45) is -0.961. The average Bonchev–Trinajstić information content (AvgIpc) is 2.27. The number of rotatable bonds is 3. The first kappa shape index (κ1) is 12.8. The number of fused-ring (bicyclic) bond motifs is 1. The van der Waals surface area contributed by atoms with Gasteiger partial charge in [0.05, 0.1) is 17.8 Å². The zero-order valence-corrected chi connectivity index (χ0v) is 9.75. The summed E-state index contributed by atoms with van der Waals surface area (Å²) in [4.78, 5) is 8.32. The number of halogens is 3. The highest BCUT2D eigenvalue weighted by Gasteiger charge is 2.26. The van der Waals surface area contributed by atoms with Crippen LogP contribution in [0.1, 0.15) is 11.3 Å². The Labute approximate surface area is 102 Å². The standard InChI is InChI=1S/C12H12F3N3/c1-8-11-10(2-3-17-8)4-9(6-18-11)5-16-7-12(13,14)15/h2-4,6,16H,5,7H2,1H3. The second-order valence-corrected chi connectivity index (χ2v) is 4.03. The predicted octanol–water partition coefficient (Wildman–Crippen LogP) is 2.59. The Hall–Kier alpha value is -1.69. The van der Waals surface area contributed by atoms with E-state index in [1.54, 1.807) is 18.5 Å². The highest BCUT2D eigenvalue weighted by molar-refractivity contribution is 5.80. The van der Waals surface area contributed by atoms with Crippen LogP contribution in [0.25, 0.3) is 10.9 Å². The van der Waals surface area contributed by atoms with Crippen LogP contribution in [0, 0.1) is 6.92 Å². The summed E-state index contributed by atoms with van der Waals surface area (Å²) in [6, 6.07) is 3.61.